The summed E-state index contributed by atoms with van der Waals surface area (Å²) < 4.78 is 28.5. The summed E-state index contributed by atoms with van der Waals surface area (Å²) in [5.74, 6) is -0.259. The first-order valence-corrected chi connectivity index (χ1v) is 15.2. The van der Waals surface area contributed by atoms with E-state index in [2.05, 4.69) is 24.8 Å². The molecule has 12 heteroatoms. The average Bonchev–Trinajstić information content (AvgIpc) is 3.37. The van der Waals surface area contributed by atoms with E-state index < -0.39 is 10.0 Å². The zero-order valence-corrected chi connectivity index (χ0v) is 25.7. The zero-order valence-electron chi connectivity index (χ0n) is 23.3. The molecule has 0 spiro atoms. The molecular formula is C28H35ClN6O3S2. The summed E-state index contributed by atoms with van der Waals surface area (Å²) in [6.45, 7) is 11.0. The predicted molar refractivity (Wildman–Crippen MR) is 161 cm³/mol. The summed E-state index contributed by atoms with van der Waals surface area (Å²) in [6, 6.07) is 13.8. The first kappa shape index (κ1) is 33.1. The van der Waals surface area contributed by atoms with Gasteiger partial charge in [0.1, 0.15) is 0 Å². The molecule has 3 aromatic rings. The fourth-order valence-electron chi connectivity index (χ4n) is 4.17. The smallest absolute Gasteiger partial charge is 0.260 e. The molecule has 0 saturated heterocycles. The quantitative estimate of drug-likeness (QED) is 0.265. The fourth-order valence-corrected chi connectivity index (χ4v) is 6.66. The van der Waals surface area contributed by atoms with Gasteiger partial charge in [-0.05, 0) is 68.4 Å². The molecule has 214 valence electrons. The van der Waals surface area contributed by atoms with Gasteiger partial charge in [0, 0.05) is 44.6 Å². The maximum Gasteiger partial charge on any atom is 0.260 e. The highest BCUT2D eigenvalue weighted by molar-refractivity contribution is 7.89. The van der Waals surface area contributed by atoms with Crippen LogP contribution in [0.5, 0.6) is 0 Å². The minimum absolute atomic E-state index is 0. The number of nitrogens with zero attached hydrogens (tertiary/aromatic N) is 6. The minimum Gasteiger partial charge on any atom is -0.302 e. The van der Waals surface area contributed by atoms with Gasteiger partial charge in [0.05, 0.1) is 27.3 Å². The van der Waals surface area contributed by atoms with E-state index >= 15 is 0 Å². The molecule has 40 heavy (non-hydrogen) atoms. The van der Waals surface area contributed by atoms with Crippen LogP contribution in [0, 0.1) is 36.5 Å². The topological polar surface area (TPSA) is 121 Å². The van der Waals surface area contributed by atoms with E-state index in [1.54, 1.807) is 4.90 Å². The maximum atomic E-state index is 13.8. The lowest BCUT2D eigenvalue weighted by atomic mass is 10.1. The standard InChI is InChI=1S/C28H34N6O3S2.ClH/c1-5-32(6-2)19-20-34(28-31-26-22(4)21(3)9-14-25(26)38-28)27(35)23-10-12-24(13-11-23)39(36,37)33(17-7-15-29)18-8-16-30;/h9-14H,5-8,17-20H2,1-4H3;1H. The molecule has 9 nitrogen and oxygen atoms in total. The van der Waals surface area contributed by atoms with E-state index in [1.165, 1.54) is 35.6 Å². The van der Waals surface area contributed by atoms with Crippen molar-refractivity contribution in [1.29, 1.82) is 10.5 Å². The van der Waals surface area contributed by atoms with Crippen LogP contribution in [0.2, 0.25) is 0 Å². The van der Waals surface area contributed by atoms with Gasteiger partial charge in [-0.15, -0.1) is 12.4 Å². The normalized spacial score (nSPS) is 11.3. The number of likely N-dealkylation sites (N-methyl/N-ethyl adjacent to an activating group) is 1. The highest BCUT2D eigenvalue weighted by Crippen LogP contribution is 2.33. The monoisotopic (exact) mass is 602 g/mol. The SMILES string of the molecule is CCN(CC)CCN(C(=O)c1ccc(S(=O)(=O)N(CCC#N)CCC#N)cc1)c1nc2c(C)c(C)ccc2s1.Cl. The molecule has 0 bridgehead atoms. The number of sulfonamides is 1. The number of aryl methyl sites for hydroxylation is 2. The highest BCUT2D eigenvalue weighted by atomic mass is 35.5. The molecule has 0 N–H and O–H groups in total. The van der Waals surface area contributed by atoms with Crippen molar-refractivity contribution in [3.8, 4) is 12.1 Å². The van der Waals surface area contributed by atoms with Crippen LogP contribution < -0.4 is 4.90 Å². The summed E-state index contributed by atoms with van der Waals surface area (Å²) in [7, 11) is -3.93. The molecular weight excluding hydrogens is 568 g/mol. The van der Waals surface area contributed by atoms with Crippen LogP contribution in [0.25, 0.3) is 10.2 Å². The number of carbonyl (C=O) groups excluding carboxylic acids is 1. The lowest BCUT2D eigenvalue weighted by Gasteiger charge is -2.25. The predicted octanol–water partition coefficient (Wildman–Crippen LogP) is 5.14. The molecule has 0 saturated carbocycles. The summed E-state index contributed by atoms with van der Waals surface area (Å²) >= 11 is 1.46. The van der Waals surface area contributed by atoms with Crippen molar-refractivity contribution < 1.29 is 13.2 Å². The van der Waals surface area contributed by atoms with Gasteiger partial charge in [0.25, 0.3) is 5.91 Å². The number of anilines is 1. The van der Waals surface area contributed by atoms with Crippen LogP contribution in [-0.2, 0) is 10.0 Å². The number of rotatable bonds is 13. The molecule has 1 amide bonds. The van der Waals surface area contributed by atoms with Crippen molar-refractivity contribution in [2.75, 3.05) is 44.2 Å². The van der Waals surface area contributed by atoms with E-state index in [4.69, 9.17) is 15.5 Å². The van der Waals surface area contributed by atoms with Gasteiger partial charge >= 0.3 is 0 Å². The molecule has 0 fully saturated rings. The third-order valence-electron chi connectivity index (χ3n) is 6.77. The van der Waals surface area contributed by atoms with E-state index in [0.717, 1.165) is 38.7 Å². The number of fused-ring (bicyclic) bond motifs is 1. The van der Waals surface area contributed by atoms with Crippen molar-refractivity contribution in [2.24, 2.45) is 0 Å². The number of hydrogen-bond donors (Lipinski definition) is 0. The Labute approximate surface area is 247 Å². The van der Waals surface area contributed by atoms with Gasteiger partial charge in [0.15, 0.2) is 5.13 Å². The molecule has 0 aliphatic heterocycles. The number of amides is 1. The Morgan fingerprint density at radius 3 is 2.08 bits per heavy atom. The number of benzene rings is 2. The van der Waals surface area contributed by atoms with Crippen molar-refractivity contribution >= 4 is 55.0 Å². The lowest BCUT2D eigenvalue weighted by molar-refractivity contribution is 0.0983. The van der Waals surface area contributed by atoms with E-state index in [9.17, 15) is 13.2 Å². The van der Waals surface area contributed by atoms with Crippen molar-refractivity contribution in [2.45, 2.75) is 45.4 Å². The first-order valence-electron chi connectivity index (χ1n) is 12.9. The van der Waals surface area contributed by atoms with Crippen molar-refractivity contribution in [3.63, 3.8) is 0 Å². The second-order valence-corrected chi connectivity index (χ2v) is 12.0. The third-order valence-corrected chi connectivity index (χ3v) is 9.73. The lowest BCUT2D eigenvalue weighted by Crippen LogP contribution is -2.39. The van der Waals surface area contributed by atoms with E-state index in [1.807, 2.05) is 32.1 Å². The Morgan fingerprint density at radius 1 is 0.925 bits per heavy atom. The number of nitriles is 2. The second kappa shape index (κ2) is 15.1. The Bertz CT molecular complexity index is 1470. The van der Waals surface area contributed by atoms with Crippen molar-refractivity contribution in [3.05, 3.63) is 53.1 Å². The Hall–Kier alpha value is -3.06. The van der Waals surface area contributed by atoms with Crippen LogP contribution in [0.3, 0.4) is 0 Å². The van der Waals surface area contributed by atoms with Gasteiger partial charge in [-0.1, -0.05) is 31.3 Å². The zero-order chi connectivity index (χ0) is 28.6. The molecule has 0 unspecified atom stereocenters. The van der Waals surface area contributed by atoms with E-state index in [0.29, 0.717) is 23.8 Å². The summed E-state index contributed by atoms with van der Waals surface area (Å²) in [5.41, 5.74) is 3.45. The summed E-state index contributed by atoms with van der Waals surface area (Å²) in [4.78, 5) is 22.5. The Kier molecular flexibility index (Phi) is 12.5. The van der Waals surface area contributed by atoms with Gasteiger partial charge in [0.2, 0.25) is 10.0 Å². The van der Waals surface area contributed by atoms with Crippen LogP contribution in [-0.4, -0.2) is 67.8 Å². The van der Waals surface area contributed by atoms with Crippen LogP contribution in [0.1, 0.15) is 48.2 Å². The molecule has 1 aromatic heterocycles. The molecule has 0 aliphatic rings. The summed E-state index contributed by atoms with van der Waals surface area (Å²) in [5, 5.41) is 18.4. The number of carbonyl (C=O) groups is 1. The highest BCUT2D eigenvalue weighted by Gasteiger charge is 2.26. The molecule has 1 heterocycles. The number of thiazole rings is 1. The fraction of sp³-hybridized carbons (Fsp3) is 0.429. The molecule has 2 aromatic carbocycles. The third kappa shape index (κ3) is 7.57. The molecule has 0 atom stereocenters. The Balaban J connectivity index is 0.00000560. The maximum absolute atomic E-state index is 13.8. The van der Waals surface area contributed by atoms with Crippen LogP contribution in [0.4, 0.5) is 5.13 Å². The summed E-state index contributed by atoms with van der Waals surface area (Å²) in [6.07, 6.45) is 0.0355. The molecule has 0 aliphatic carbocycles. The molecule has 0 radical (unpaired) electrons. The second-order valence-electron chi connectivity index (χ2n) is 9.08. The molecule has 3 rings (SSSR count). The number of aromatic nitrogens is 1. The van der Waals surface area contributed by atoms with Gasteiger partial charge < -0.3 is 4.90 Å². The minimum atomic E-state index is -3.93. The first-order chi connectivity index (χ1) is 18.7. The van der Waals surface area contributed by atoms with Gasteiger partial charge in [-0.25, -0.2) is 13.4 Å². The van der Waals surface area contributed by atoms with Gasteiger partial charge in [-0.2, -0.15) is 14.8 Å². The van der Waals surface area contributed by atoms with E-state index in [-0.39, 0.29) is 49.1 Å². The largest absolute Gasteiger partial charge is 0.302 e. The van der Waals surface area contributed by atoms with Crippen molar-refractivity contribution in [1.82, 2.24) is 14.2 Å². The number of hydrogen-bond acceptors (Lipinski definition) is 8. The van der Waals surface area contributed by atoms with Crippen LogP contribution >= 0.6 is 23.7 Å². The Morgan fingerprint density at radius 2 is 1.52 bits per heavy atom. The number of halogens is 1. The average molecular weight is 603 g/mol. The van der Waals surface area contributed by atoms with Crippen LogP contribution in [0.15, 0.2) is 41.3 Å². The van der Waals surface area contributed by atoms with Gasteiger partial charge in [-0.3, -0.25) is 9.69 Å².